The van der Waals surface area contributed by atoms with Gasteiger partial charge >= 0.3 is 0 Å². The molecule has 2 heteroatoms. The summed E-state index contributed by atoms with van der Waals surface area (Å²) in [5.74, 6) is -0.190. The molecule has 0 atom stereocenters. The lowest BCUT2D eigenvalue weighted by molar-refractivity contribution is 0.282. The second-order valence-corrected chi connectivity index (χ2v) is 6.70. The fourth-order valence-electron chi connectivity index (χ4n) is 3.47. The van der Waals surface area contributed by atoms with Crippen LogP contribution in [-0.2, 0) is 6.61 Å². The number of hydrogen-bond acceptors (Lipinski definition) is 1. The van der Waals surface area contributed by atoms with E-state index in [0.29, 0.717) is 5.56 Å². The predicted molar refractivity (Wildman–Crippen MR) is 98.2 cm³/mol. The molecule has 0 unspecified atom stereocenters. The van der Waals surface area contributed by atoms with Gasteiger partial charge in [0.15, 0.2) is 0 Å². The van der Waals surface area contributed by atoms with E-state index in [1.807, 2.05) is 31.2 Å². The number of aryl methyl sites for hydroxylation is 1. The van der Waals surface area contributed by atoms with Crippen LogP contribution in [0.3, 0.4) is 0 Å². The zero-order chi connectivity index (χ0) is 16.9. The van der Waals surface area contributed by atoms with Crippen molar-refractivity contribution in [1.82, 2.24) is 0 Å². The van der Waals surface area contributed by atoms with Gasteiger partial charge in [0.2, 0.25) is 0 Å². The summed E-state index contributed by atoms with van der Waals surface area (Å²) in [5, 5.41) is 9.53. The van der Waals surface area contributed by atoms with Crippen LogP contribution in [0.4, 0.5) is 4.39 Å². The predicted octanol–water partition coefficient (Wildman–Crippen LogP) is 6.03. The van der Waals surface area contributed by atoms with Crippen molar-refractivity contribution in [1.29, 1.82) is 0 Å². The Kier molecular flexibility index (Phi) is 5.47. The molecule has 1 aliphatic rings. The molecule has 0 heterocycles. The minimum Gasteiger partial charge on any atom is -0.392 e. The lowest BCUT2D eigenvalue weighted by Crippen LogP contribution is -1.97. The highest BCUT2D eigenvalue weighted by Gasteiger charge is 2.15. The van der Waals surface area contributed by atoms with Gasteiger partial charge in [-0.2, -0.15) is 0 Å². The Labute approximate surface area is 143 Å². The molecule has 1 N–H and O–H groups in total. The van der Waals surface area contributed by atoms with Crippen molar-refractivity contribution >= 4 is 5.57 Å². The minimum absolute atomic E-state index is 0.0108. The summed E-state index contributed by atoms with van der Waals surface area (Å²) in [7, 11) is 0. The molecule has 2 aromatic rings. The van der Waals surface area contributed by atoms with E-state index in [1.54, 1.807) is 12.1 Å². The molecule has 1 aliphatic carbocycles. The van der Waals surface area contributed by atoms with E-state index in [1.165, 1.54) is 31.3 Å². The second kappa shape index (κ2) is 7.76. The maximum Gasteiger partial charge on any atom is 0.131 e. The molecule has 0 saturated heterocycles. The number of benzene rings is 2. The third-order valence-electron chi connectivity index (χ3n) is 4.82. The van der Waals surface area contributed by atoms with Gasteiger partial charge in [0.1, 0.15) is 5.82 Å². The van der Waals surface area contributed by atoms with E-state index >= 15 is 0 Å². The van der Waals surface area contributed by atoms with Crippen LogP contribution in [0.25, 0.3) is 16.7 Å². The van der Waals surface area contributed by atoms with Crippen LogP contribution in [-0.4, -0.2) is 5.11 Å². The summed E-state index contributed by atoms with van der Waals surface area (Å²) in [6.45, 7) is 2.00. The molecule has 126 valence electrons. The Morgan fingerprint density at radius 3 is 2.58 bits per heavy atom. The van der Waals surface area contributed by atoms with Gasteiger partial charge in [-0.25, -0.2) is 4.39 Å². The maximum absolute atomic E-state index is 14.5. The number of allylic oxidation sites excluding steroid dienone is 2. The lowest BCUT2D eigenvalue weighted by atomic mass is 9.88. The van der Waals surface area contributed by atoms with Gasteiger partial charge in [-0.15, -0.1) is 0 Å². The van der Waals surface area contributed by atoms with E-state index in [2.05, 4.69) is 6.08 Å². The van der Waals surface area contributed by atoms with Crippen LogP contribution >= 0.6 is 0 Å². The van der Waals surface area contributed by atoms with Crippen molar-refractivity contribution in [2.24, 2.45) is 0 Å². The fourth-order valence-corrected chi connectivity index (χ4v) is 3.47. The molecule has 0 aromatic heterocycles. The van der Waals surface area contributed by atoms with E-state index in [-0.39, 0.29) is 12.4 Å². The van der Waals surface area contributed by atoms with Crippen LogP contribution in [0.2, 0.25) is 0 Å². The quantitative estimate of drug-likeness (QED) is 0.730. The van der Waals surface area contributed by atoms with Gasteiger partial charge in [0, 0.05) is 5.56 Å². The summed E-state index contributed by atoms with van der Waals surface area (Å²) >= 11 is 0. The van der Waals surface area contributed by atoms with E-state index in [0.717, 1.165) is 35.1 Å². The molecule has 0 aliphatic heterocycles. The van der Waals surface area contributed by atoms with Crippen molar-refractivity contribution in [3.63, 3.8) is 0 Å². The van der Waals surface area contributed by atoms with Gasteiger partial charge in [-0.3, -0.25) is 0 Å². The SMILES string of the molecule is Cc1ccc(F)c(-c2ccc(CO)cc2/C2=C/CCCCCC2)c1. The first kappa shape index (κ1) is 16.9. The van der Waals surface area contributed by atoms with Crippen molar-refractivity contribution in [3.8, 4) is 11.1 Å². The minimum atomic E-state index is -0.190. The smallest absolute Gasteiger partial charge is 0.131 e. The average Bonchev–Trinajstić information content (AvgIpc) is 2.56. The average molecular weight is 324 g/mol. The highest BCUT2D eigenvalue weighted by atomic mass is 19.1. The topological polar surface area (TPSA) is 20.2 Å². The first-order valence-corrected chi connectivity index (χ1v) is 8.89. The van der Waals surface area contributed by atoms with Crippen LogP contribution < -0.4 is 0 Å². The highest BCUT2D eigenvalue weighted by Crippen LogP contribution is 2.35. The molecule has 3 rings (SSSR count). The molecular formula is C22H25FO. The van der Waals surface area contributed by atoms with Crippen LogP contribution in [0.5, 0.6) is 0 Å². The molecule has 0 spiro atoms. The number of hydrogen-bond donors (Lipinski definition) is 1. The Balaban J connectivity index is 2.14. The van der Waals surface area contributed by atoms with Gasteiger partial charge < -0.3 is 5.11 Å². The van der Waals surface area contributed by atoms with Gasteiger partial charge in [-0.05, 0) is 73.1 Å². The summed E-state index contributed by atoms with van der Waals surface area (Å²) in [4.78, 5) is 0. The molecule has 0 saturated carbocycles. The molecule has 1 nitrogen and oxygen atoms in total. The molecule has 0 radical (unpaired) electrons. The zero-order valence-corrected chi connectivity index (χ0v) is 14.3. The Morgan fingerprint density at radius 1 is 0.917 bits per heavy atom. The van der Waals surface area contributed by atoms with E-state index in [9.17, 15) is 9.50 Å². The van der Waals surface area contributed by atoms with Gasteiger partial charge in [-0.1, -0.05) is 42.7 Å². The van der Waals surface area contributed by atoms with Gasteiger partial charge in [0.25, 0.3) is 0 Å². The third-order valence-corrected chi connectivity index (χ3v) is 4.82. The number of halogens is 1. The van der Waals surface area contributed by atoms with Crippen molar-refractivity contribution in [2.45, 2.75) is 52.1 Å². The van der Waals surface area contributed by atoms with E-state index < -0.39 is 0 Å². The molecule has 24 heavy (non-hydrogen) atoms. The molecule has 0 fully saturated rings. The van der Waals surface area contributed by atoms with Gasteiger partial charge in [0.05, 0.1) is 6.61 Å². The van der Waals surface area contributed by atoms with Crippen molar-refractivity contribution < 1.29 is 9.50 Å². The van der Waals surface area contributed by atoms with Crippen LogP contribution in [0.1, 0.15) is 55.2 Å². The second-order valence-electron chi connectivity index (χ2n) is 6.70. The van der Waals surface area contributed by atoms with Crippen molar-refractivity contribution in [3.05, 3.63) is 65.0 Å². The standard InChI is InChI=1S/C22H25FO/c1-16-9-12-22(23)21(13-16)19-11-10-17(15-24)14-20(19)18-7-5-3-2-4-6-8-18/h7,9-14,24H,2-6,8,15H2,1H3/b18-7+. The summed E-state index contributed by atoms with van der Waals surface area (Å²) in [6, 6.07) is 11.1. The van der Waals surface area contributed by atoms with E-state index in [4.69, 9.17) is 0 Å². The molecular weight excluding hydrogens is 299 g/mol. The molecule has 2 aromatic carbocycles. The van der Waals surface area contributed by atoms with Crippen LogP contribution in [0, 0.1) is 12.7 Å². The first-order valence-electron chi connectivity index (χ1n) is 8.89. The molecule has 0 amide bonds. The van der Waals surface area contributed by atoms with Crippen molar-refractivity contribution in [2.75, 3.05) is 0 Å². The monoisotopic (exact) mass is 324 g/mol. The molecule has 0 bridgehead atoms. The largest absolute Gasteiger partial charge is 0.392 e. The number of aliphatic hydroxyl groups excluding tert-OH is 1. The lowest BCUT2D eigenvalue weighted by Gasteiger charge is -2.18. The summed E-state index contributed by atoms with van der Waals surface area (Å²) in [5.41, 5.74) is 5.88. The summed E-state index contributed by atoms with van der Waals surface area (Å²) < 4.78 is 14.5. The maximum atomic E-state index is 14.5. The Hall–Kier alpha value is -1.93. The summed E-state index contributed by atoms with van der Waals surface area (Å²) in [6.07, 6.45) is 9.35. The third kappa shape index (κ3) is 3.76. The van der Waals surface area contributed by atoms with Crippen LogP contribution in [0.15, 0.2) is 42.5 Å². The highest BCUT2D eigenvalue weighted by molar-refractivity contribution is 5.82. The Bertz CT molecular complexity index is 746. The normalized spacial score (nSPS) is 17.7. The Morgan fingerprint density at radius 2 is 1.75 bits per heavy atom. The zero-order valence-electron chi connectivity index (χ0n) is 14.3. The number of aliphatic hydroxyl groups is 1. The first-order chi connectivity index (χ1) is 11.7. The fraction of sp³-hybridized carbons (Fsp3) is 0.364. The number of rotatable bonds is 3.